The summed E-state index contributed by atoms with van der Waals surface area (Å²) in [7, 11) is 0. The Morgan fingerprint density at radius 2 is 1.48 bits per heavy atom. The first-order valence-electron chi connectivity index (χ1n) is 8.41. The van der Waals surface area contributed by atoms with E-state index in [1.807, 2.05) is 6.92 Å². The molecule has 0 saturated carbocycles. The zero-order valence-corrected chi connectivity index (χ0v) is 15.2. The number of rotatable bonds is 15. The lowest BCUT2D eigenvalue weighted by molar-refractivity contribution is -0.136. The van der Waals surface area contributed by atoms with Gasteiger partial charge in [-0.1, -0.05) is 13.8 Å². The summed E-state index contributed by atoms with van der Waals surface area (Å²) in [5, 5.41) is 18.2. The highest BCUT2D eigenvalue weighted by atomic mass is 16.5. The van der Waals surface area contributed by atoms with Crippen LogP contribution in [0.25, 0.3) is 0 Å². The predicted octanol–water partition coefficient (Wildman–Crippen LogP) is 0.447. The Bertz CT molecular complexity index is 303. The maximum atomic E-state index is 10.4. The number of aliphatic carboxylic acids is 1. The number of hydrogen-bond acceptors (Lipinski definition) is 6. The third-order valence-corrected chi connectivity index (χ3v) is 3.07. The summed E-state index contributed by atoms with van der Waals surface area (Å²) in [6.07, 6.45) is 0. The van der Waals surface area contributed by atoms with Crippen molar-refractivity contribution in [3.63, 3.8) is 0 Å². The Morgan fingerprint density at radius 1 is 0.913 bits per heavy atom. The second-order valence-electron chi connectivity index (χ2n) is 6.37. The maximum Gasteiger partial charge on any atom is 0.317 e. The molecule has 0 fully saturated rings. The normalized spacial score (nSPS) is 15.6. The molecule has 138 valence electrons. The minimum Gasteiger partial charge on any atom is -0.480 e. The molecule has 0 aliphatic carbocycles. The van der Waals surface area contributed by atoms with Crippen LogP contribution >= 0.6 is 0 Å². The molecule has 0 heterocycles. The van der Waals surface area contributed by atoms with Gasteiger partial charge in [0.05, 0.1) is 33.0 Å². The summed E-state index contributed by atoms with van der Waals surface area (Å²) in [5.41, 5.74) is 0. The standard InChI is InChI=1S/C16H35N3O4/c1-12(2)17-6-7-22-10-14(4)19-15(5)11-23-9-13(3)18-8-16(20)21/h12-15,17-19H,6-11H2,1-5H3,(H,20,21). The van der Waals surface area contributed by atoms with Gasteiger partial charge in [-0.15, -0.1) is 0 Å². The Kier molecular flexibility index (Phi) is 13.3. The highest BCUT2D eigenvalue weighted by molar-refractivity contribution is 5.69. The van der Waals surface area contributed by atoms with Crippen LogP contribution in [0.1, 0.15) is 34.6 Å². The van der Waals surface area contributed by atoms with Crippen LogP contribution in [0.4, 0.5) is 0 Å². The molecule has 0 rings (SSSR count). The van der Waals surface area contributed by atoms with Crippen molar-refractivity contribution in [1.82, 2.24) is 16.0 Å². The van der Waals surface area contributed by atoms with Gasteiger partial charge in [-0.05, 0) is 20.8 Å². The van der Waals surface area contributed by atoms with Gasteiger partial charge in [-0.25, -0.2) is 0 Å². The van der Waals surface area contributed by atoms with E-state index in [9.17, 15) is 4.79 Å². The van der Waals surface area contributed by atoms with Crippen molar-refractivity contribution < 1.29 is 19.4 Å². The molecule has 0 amide bonds. The van der Waals surface area contributed by atoms with Crippen molar-refractivity contribution in [2.24, 2.45) is 0 Å². The quantitative estimate of drug-likeness (QED) is 0.323. The summed E-state index contributed by atoms with van der Waals surface area (Å²) in [6.45, 7) is 13.6. The van der Waals surface area contributed by atoms with E-state index in [1.54, 1.807) is 0 Å². The van der Waals surface area contributed by atoms with E-state index >= 15 is 0 Å². The molecule has 0 aliphatic rings. The largest absolute Gasteiger partial charge is 0.480 e. The highest BCUT2D eigenvalue weighted by Gasteiger charge is 2.09. The summed E-state index contributed by atoms with van der Waals surface area (Å²) in [5.74, 6) is -0.857. The Hall–Kier alpha value is -0.730. The second kappa shape index (κ2) is 13.7. The molecule has 23 heavy (non-hydrogen) atoms. The van der Waals surface area contributed by atoms with Gasteiger partial charge in [0.15, 0.2) is 0 Å². The van der Waals surface area contributed by atoms with E-state index in [4.69, 9.17) is 14.6 Å². The summed E-state index contributed by atoms with van der Waals surface area (Å²) in [6, 6.07) is 0.982. The van der Waals surface area contributed by atoms with Crippen molar-refractivity contribution in [1.29, 1.82) is 0 Å². The van der Waals surface area contributed by atoms with Crippen LogP contribution < -0.4 is 16.0 Å². The molecular weight excluding hydrogens is 298 g/mol. The number of hydrogen-bond donors (Lipinski definition) is 4. The molecule has 0 aromatic heterocycles. The summed E-state index contributed by atoms with van der Waals surface area (Å²) >= 11 is 0. The highest BCUT2D eigenvalue weighted by Crippen LogP contribution is 1.92. The van der Waals surface area contributed by atoms with Crippen LogP contribution in [0.15, 0.2) is 0 Å². The average Bonchev–Trinajstić information content (AvgIpc) is 2.44. The summed E-state index contributed by atoms with van der Waals surface area (Å²) in [4.78, 5) is 10.4. The van der Waals surface area contributed by atoms with Crippen molar-refractivity contribution in [3.8, 4) is 0 Å². The fourth-order valence-corrected chi connectivity index (χ4v) is 2.00. The number of carbonyl (C=O) groups is 1. The molecule has 4 N–H and O–H groups in total. The average molecular weight is 333 g/mol. The molecule has 0 radical (unpaired) electrons. The van der Waals surface area contributed by atoms with E-state index in [1.165, 1.54) is 0 Å². The van der Waals surface area contributed by atoms with Gasteiger partial charge >= 0.3 is 5.97 Å². The molecule has 0 aromatic carbocycles. The molecule has 0 saturated heterocycles. The lowest BCUT2D eigenvalue weighted by atomic mass is 10.3. The zero-order valence-electron chi connectivity index (χ0n) is 15.2. The lowest BCUT2D eigenvalue weighted by Crippen LogP contribution is -2.41. The molecule has 3 unspecified atom stereocenters. The smallest absolute Gasteiger partial charge is 0.317 e. The third kappa shape index (κ3) is 15.9. The molecule has 0 aromatic rings. The molecule has 7 nitrogen and oxygen atoms in total. The van der Waals surface area contributed by atoms with E-state index in [0.717, 1.165) is 6.54 Å². The molecular formula is C16H35N3O4. The SMILES string of the molecule is CC(C)NCCOCC(C)NC(C)COCC(C)NCC(=O)O. The molecule has 0 spiro atoms. The van der Waals surface area contributed by atoms with Crippen molar-refractivity contribution in [2.75, 3.05) is 39.5 Å². The van der Waals surface area contributed by atoms with Crippen LogP contribution in [0.3, 0.4) is 0 Å². The van der Waals surface area contributed by atoms with Gasteiger partial charge < -0.3 is 30.5 Å². The van der Waals surface area contributed by atoms with Gasteiger partial charge in [0.1, 0.15) is 0 Å². The van der Waals surface area contributed by atoms with Gasteiger partial charge in [-0.2, -0.15) is 0 Å². The van der Waals surface area contributed by atoms with E-state index in [2.05, 4.69) is 43.6 Å². The molecule has 0 aliphatic heterocycles. The molecule has 3 atom stereocenters. The second-order valence-corrected chi connectivity index (χ2v) is 6.37. The van der Waals surface area contributed by atoms with E-state index in [0.29, 0.717) is 32.5 Å². The zero-order chi connectivity index (χ0) is 17.7. The number of carboxylic acid groups (broad SMARTS) is 1. The lowest BCUT2D eigenvalue weighted by Gasteiger charge is -2.21. The minimum atomic E-state index is -0.857. The van der Waals surface area contributed by atoms with Crippen LogP contribution in [-0.2, 0) is 14.3 Å². The monoisotopic (exact) mass is 333 g/mol. The Morgan fingerprint density at radius 3 is 2.04 bits per heavy atom. The first kappa shape index (κ1) is 22.3. The Balaban J connectivity index is 3.56. The number of ether oxygens (including phenoxy) is 2. The predicted molar refractivity (Wildman–Crippen MR) is 91.9 cm³/mol. The van der Waals surface area contributed by atoms with Gasteiger partial charge in [0.2, 0.25) is 0 Å². The van der Waals surface area contributed by atoms with Gasteiger partial charge in [-0.3, -0.25) is 4.79 Å². The van der Waals surface area contributed by atoms with Gasteiger partial charge in [0.25, 0.3) is 0 Å². The third-order valence-electron chi connectivity index (χ3n) is 3.07. The Labute approximate surface area is 140 Å². The topological polar surface area (TPSA) is 91.9 Å². The summed E-state index contributed by atoms with van der Waals surface area (Å²) < 4.78 is 11.2. The van der Waals surface area contributed by atoms with Crippen LogP contribution in [0.2, 0.25) is 0 Å². The maximum absolute atomic E-state index is 10.4. The van der Waals surface area contributed by atoms with Gasteiger partial charge in [0, 0.05) is 30.7 Å². The van der Waals surface area contributed by atoms with Crippen molar-refractivity contribution in [2.45, 2.75) is 58.8 Å². The van der Waals surface area contributed by atoms with E-state index in [-0.39, 0.29) is 24.7 Å². The van der Waals surface area contributed by atoms with Crippen molar-refractivity contribution >= 4 is 5.97 Å². The first-order valence-corrected chi connectivity index (χ1v) is 8.41. The fourth-order valence-electron chi connectivity index (χ4n) is 2.00. The first-order chi connectivity index (χ1) is 10.8. The fraction of sp³-hybridized carbons (Fsp3) is 0.938. The minimum absolute atomic E-state index is 0.0208. The number of nitrogens with one attached hydrogen (secondary N) is 3. The molecule has 0 bridgehead atoms. The number of carboxylic acids is 1. The van der Waals surface area contributed by atoms with Crippen LogP contribution in [-0.4, -0.2) is 74.8 Å². The van der Waals surface area contributed by atoms with E-state index < -0.39 is 5.97 Å². The van der Waals surface area contributed by atoms with Crippen LogP contribution in [0.5, 0.6) is 0 Å². The van der Waals surface area contributed by atoms with Crippen molar-refractivity contribution in [3.05, 3.63) is 0 Å². The molecule has 7 heteroatoms. The van der Waals surface area contributed by atoms with Crippen LogP contribution in [0, 0.1) is 0 Å².